The minimum Gasteiger partial charge on any atom is -0.382 e. The highest BCUT2D eigenvalue weighted by Crippen LogP contribution is 2.21. The van der Waals surface area contributed by atoms with Gasteiger partial charge in [-0.15, -0.1) is 10.2 Å². The minimum absolute atomic E-state index is 0.303. The zero-order chi connectivity index (χ0) is 25.6. The SMILES string of the molecule is Cc1ccc(N2CCN(CCCC(=O)N3CCC(Nc4ccc(-c5nnn(C)n5)cc4)CC3)CC2)cc1. The molecule has 1 aromatic heterocycles. The van der Waals surface area contributed by atoms with E-state index in [9.17, 15) is 4.79 Å². The van der Waals surface area contributed by atoms with Crippen molar-refractivity contribution in [2.45, 2.75) is 38.6 Å². The maximum Gasteiger partial charge on any atom is 0.222 e. The number of rotatable bonds is 8. The van der Waals surface area contributed by atoms with E-state index in [1.807, 2.05) is 12.1 Å². The molecule has 196 valence electrons. The first kappa shape index (κ1) is 25.2. The van der Waals surface area contributed by atoms with E-state index in [1.54, 1.807) is 7.05 Å². The third-order valence-electron chi connectivity index (χ3n) is 7.51. The normalized spacial score (nSPS) is 17.2. The number of anilines is 2. The van der Waals surface area contributed by atoms with Crippen molar-refractivity contribution in [1.82, 2.24) is 30.0 Å². The van der Waals surface area contributed by atoms with Crippen LogP contribution in [-0.4, -0.2) is 87.8 Å². The largest absolute Gasteiger partial charge is 0.382 e. The smallest absolute Gasteiger partial charge is 0.222 e. The second-order valence-corrected chi connectivity index (χ2v) is 10.2. The van der Waals surface area contributed by atoms with E-state index in [2.05, 4.69) is 78.7 Å². The number of nitrogens with one attached hydrogen (secondary N) is 1. The number of likely N-dealkylation sites (tertiary alicyclic amines) is 1. The Balaban J connectivity index is 0.981. The van der Waals surface area contributed by atoms with E-state index < -0.39 is 0 Å². The van der Waals surface area contributed by atoms with Gasteiger partial charge in [0.1, 0.15) is 0 Å². The van der Waals surface area contributed by atoms with Crippen LogP contribution in [0.4, 0.5) is 11.4 Å². The standard InChI is InChI=1S/C28H38N8O/c1-22-5-11-26(12-6-22)35-20-18-34(19-21-35)15-3-4-27(37)36-16-13-25(14-17-36)29-24-9-7-23(8-10-24)28-30-32-33(2)31-28/h5-12,25,29H,3-4,13-21H2,1-2H3. The molecule has 0 radical (unpaired) electrons. The molecule has 2 fully saturated rings. The van der Waals surface area contributed by atoms with Crippen LogP contribution in [0.2, 0.25) is 0 Å². The number of tetrazole rings is 1. The summed E-state index contributed by atoms with van der Waals surface area (Å²) in [6.45, 7) is 9.02. The quantitative estimate of drug-likeness (QED) is 0.507. The third-order valence-corrected chi connectivity index (χ3v) is 7.51. The Morgan fingerprint density at radius 3 is 2.30 bits per heavy atom. The maximum absolute atomic E-state index is 12.8. The van der Waals surface area contributed by atoms with Crippen LogP contribution in [-0.2, 0) is 11.8 Å². The molecule has 0 saturated carbocycles. The summed E-state index contributed by atoms with van der Waals surface area (Å²) >= 11 is 0. The molecule has 2 saturated heterocycles. The zero-order valence-electron chi connectivity index (χ0n) is 22.0. The molecular formula is C28H38N8O. The van der Waals surface area contributed by atoms with Gasteiger partial charge in [-0.3, -0.25) is 9.69 Å². The molecule has 0 spiro atoms. The molecule has 9 nitrogen and oxygen atoms in total. The van der Waals surface area contributed by atoms with Gasteiger partial charge in [0.05, 0.1) is 7.05 Å². The van der Waals surface area contributed by atoms with E-state index in [0.29, 0.717) is 24.2 Å². The number of hydrogen-bond donors (Lipinski definition) is 1. The van der Waals surface area contributed by atoms with E-state index in [1.165, 1.54) is 16.0 Å². The van der Waals surface area contributed by atoms with Crippen molar-refractivity contribution in [2.24, 2.45) is 7.05 Å². The summed E-state index contributed by atoms with van der Waals surface area (Å²) < 4.78 is 0. The number of aryl methyl sites for hydroxylation is 2. The monoisotopic (exact) mass is 502 g/mol. The van der Waals surface area contributed by atoms with Gasteiger partial charge in [-0.25, -0.2) is 0 Å². The Labute approximate surface area is 219 Å². The first-order valence-corrected chi connectivity index (χ1v) is 13.5. The molecule has 3 heterocycles. The highest BCUT2D eigenvalue weighted by Gasteiger charge is 2.23. The van der Waals surface area contributed by atoms with Crippen molar-refractivity contribution < 1.29 is 4.79 Å². The molecule has 37 heavy (non-hydrogen) atoms. The Morgan fingerprint density at radius 1 is 0.946 bits per heavy atom. The van der Waals surface area contributed by atoms with E-state index in [0.717, 1.165) is 76.3 Å². The molecule has 1 amide bonds. The van der Waals surface area contributed by atoms with Crippen LogP contribution in [0.1, 0.15) is 31.2 Å². The number of aromatic nitrogens is 4. The lowest BCUT2D eigenvalue weighted by molar-refractivity contribution is -0.132. The van der Waals surface area contributed by atoms with Crippen LogP contribution in [0.15, 0.2) is 48.5 Å². The molecule has 5 rings (SSSR count). The van der Waals surface area contributed by atoms with Gasteiger partial charge in [-0.1, -0.05) is 17.7 Å². The zero-order valence-corrected chi connectivity index (χ0v) is 22.0. The summed E-state index contributed by atoms with van der Waals surface area (Å²) in [7, 11) is 1.76. The van der Waals surface area contributed by atoms with E-state index >= 15 is 0 Å². The number of benzene rings is 2. The number of piperidine rings is 1. The van der Waals surface area contributed by atoms with Crippen molar-refractivity contribution in [2.75, 3.05) is 56.0 Å². The summed E-state index contributed by atoms with van der Waals surface area (Å²) in [5, 5.41) is 15.8. The lowest BCUT2D eigenvalue weighted by Crippen LogP contribution is -2.47. The summed E-state index contributed by atoms with van der Waals surface area (Å²) in [4.78, 5) is 21.3. The predicted molar refractivity (Wildman–Crippen MR) is 147 cm³/mol. The van der Waals surface area contributed by atoms with E-state index in [4.69, 9.17) is 0 Å². The minimum atomic E-state index is 0.303. The highest BCUT2D eigenvalue weighted by atomic mass is 16.2. The average molecular weight is 503 g/mol. The molecule has 9 heteroatoms. The Kier molecular flexibility index (Phi) is 7.99. The van der Waals surface area contributed by atoms with Crippen molar-refractivity contribution in [3.63, 3.8) is 0 Å². The third kappa shape index (κ3) is 6.65. The Hall–Kier alpha value is -3.46. The molecule has 1 N–H and O–H groups in total. The van der Waals surface area contributed by atoms with E-state index in [-0.39, 0.29) is 0 Å². The van der Waals surface area contributed by atoms with Crippen molar-refractivity contribution in [1.29, 1.82) is 0 Å². The van der Waals surface area contributed by atoms with Crippen LogP contribution < -0.4 is 10.2 Å². The fourth-order valence-corrected chi connectivity index (χ4v) is 5.22. The fraction of sp³-hybridized carbons (Fsp3) is 0.500. The van der Waals surface area contributed by atoms with Crippen LogP contribution in [0, 0.1) is 6.92 Å². The lowest BCUT2D eigenvalue weighted by Gasteiger charge is -2.36. The van der Waals surface area contributed by atoms with Crippen LogP contribution in [0.25, 0.3) is 11.4 Å². The number of piperazine rings is 1. The Bertz CT molecular complexity index is 1140. The maximum atomic E-state index is 12.8. The van der Waals surface area contributed by atoms with Gasteiger partial charge in [-0.05, 0) is 74.3 Å². The first-order valence-electron chi connectivity index (χ1n) is 13.5. The second-order valence-electron chi connectivity index (χ2n) is 10.2. The number of carbonyl (C=O) groups excluding carboxylic acids is 1. The van der Waals surface area contributed by atoms with Crippen molar-refractivity contribution in [3.05, 3.63) is 54.1 Å². The first-order chi connectivity index (χ1) is 18.0. The molecule has 0 bridgehead atoms. The van der Waals surface area contributed by atoms with Crippen LogP contribution >= 0.6 is 0 Å². The average Bonchev–Trinajstić information content (AvgIpc) is 3.36. The molecule has 2 aliphatic heterocycles. The topological polar surface area (TPSA) is 82.4 Å². The molecule has 0 atom stereocenters. The number of amides is 1. The molecule has 3 aromatic rings. The highest BCUT2D eigenvalue weighted by molar-refractivity contribution is 5.76. The molecule has 0 unspecified atom stereocenters. The van der Waals surface area contributed by atoms with Gasteiger partial charge in [-0.2, -0.15) is 4.80 Å². The van der Waals surface area contributed by atoms with Gasteiger partial charge in [0.2, 0.25) is 11.7 Å². The number of nitrogens with zero attached hydrogens (tertiary/aromatic N) is 7. The lowest BCUT2D eigenvalue weighted by atomic mass is 10.0. The van der Waals surface area contributed by atoms with Gasteiger partial charge in [0, 0.05) is 68.7 Å². The van der Waals surface area contributed by atoms with Gasteiger partial charge < -0.3 is 15.1 Å². The molecular weight excluding hydrogens is 464 g/mol. The number of hydrogen-bond acceptors (Lipinski definition) is 7. The predicted octanol–water partition coefficient (Wildman–Crippen LogP) is 3.19. The molecule has 2 aliphatic rings. The Morgan fingerprint density at radius 2 is 1.65 bits per heavy atom. The van der Waals surface area contributed by atoms with Gasteiger partial charge in [0.25, 0.3) is 0 Å². The number of carbonyl (C=O) groups is 1. The summed E-state index contributed by atoms with van der Waals surface area (Å²) in [6, 6.07) is 17.3. The second kappa shape index (κ2) is 11.7. The van der Waals surface area contributed by atoms with Gasteiger partial charge in [0.15, 0.2) is 0 Å². The van der Waals surface area contributed by atoms with Crippen LogP contribution in [0.3, 0.4) is 0 Å². The molecule has 2 aromatic carbocycles. The summed E-state index contributed by atoms with van der Waals surface area (Å²) in [5.74, 6) is 0.933. The fourth-order valence-electron chi connectivity index (χ4n) is 5.22. The van der Waals surface area contributed by atoms with Crippen molar-refractivity contribution in [3.8, 4) is 11.4 Å². The summed E-state index contributed by atoms with van der Waals surface area (Å²) in [6.07, 6.45) is 3.53. The summed E-state index contributed by atoms with van der Waals surface area (Å²) in [5.41, 5.74) is 4.65. The van der Waals surface area contributed by atoms with Gasteiger partial charge >= 0.3 is 0 Å². The molecule has 0 aliphatic carbocycles. The van der Waals surface area contributed by atoms with Crippen LogP contribution in [0.5, 0.6) is 0 Å². The van der Waals surface area contributed by atoms with Crippen molar-refractivity contribution >= 4 is 17.3 Å².